The number of hydrogen-bond donors (Lipinski definition) is 1. The maximum Gasteiger partial charge on any atom is 0.338 e. The summed E-state index contributed by atoms with van der Waals surface area (Å²) in [5, 5.41) is 13.3. The molecule has 29 heavy (non-hydrogen) atoms. The van der Waals surface area contributed by atoms with Crippen LogP contribution in [-0.4, -0.2) is 51.4 Å². The molecule has 2 aliphatic heterocycles. The molecule has 0 spiro atoms. The molecule has 3 heterocycles. The second-order valence-corrected chi connectivity index (χ2v) is 8.02. The molecule has 0 aliphatic carbocycles. The number of carboxylic acid groups (broad SMARTS) is 1. The van der Waals surface area contributed by atoms with Crippen LogP contribution < -0.4 is 0 Å². The van der Waals surface area contributed by atoms with Gasteiger partial charge < -0.3 is 14.7 Å². The van der Waals surface area contributed by atoms with E-state index in [9.17, 15) is 9.59 Å². The van der Waals surface area contributed by atoms with Crippen molar-refractivity contribution in [3.8, 4) is 0 Å². The first-order valence-corrected chi connectivity index (χ1v) is 10.3. The van der Waals surface area contributed by atoms with Crippen molar-refractivity contribution in [1.82, 2.24) is 14.7 Å². The van der Waals surface area contributed by atoms with Crippen LogP contribution in [0.5, 0.6) is 0 Å². The Bertz CT molecular complexity index is 868. The Morgan fingerprint density at radius 1 is 1.14 bits per heavy atom. The third-order valence-electron chi connectivity index (χ3n) is 6.04. The van der Waals surface area contributed by atoms with Gasteiger partial charge in [0.05, 0.1) is 29.8 Å². The highest BCUT2D eigenvalue weighted by atomic mass is 16.5. The van der Waals surface area contributed by atoms with Gasteiger partial charge in [0.25, 0.3) is 0 Å². The molecule has 2 fully saturated rings. The maximum atomic E-state index is 13.3. The number of ether oxygens (including phenoxy) is 1. The molecular weight excluding hydrogens is 370 g/mol. The third kappa shape index (κ3) is 4.19. The maximum absolute atomic E-state index is 13.3. The van der Waals surface area contributed by atoms with Crippen molar-refractivity contribution < 1.29 is 19.4 Å². The lowest BCUT2D eigenvalue weighted by Gasteiger charge is -2.38. The number of benzene rings is 1. The smallest absolute Gasteiger partial charge is 0.338 e. The molecule has 0 radical (unpaired) electrons. The molecule has 7 heteroatoms. The van der Waals surface area contributed by atoms with E-state index < -0.39 is 5.97 Å². The minimum Gasteiger partial charge on any atom is -0.478 e. The number of carboxylic acids is 1. The largest absolute Gasteiger partial charge is 0.478 e. The van der Waals surface area contributed by atoms with Gasteiger partial charge in [0.2, 0.25) is 5.91 Å². The summed E-state index contributed by atoms with van der Waals surface area (Å²) >= 11 is 0. The van der Waals surface area contributed by atoms with Gasteiger partial charge in [-0.05, 0) is 38.2 Å². The molecule has 4 rings (SSSR count). The quantitative estimate of drug-likeness (QED) is 0.856. The Morgan fingerprint density at radius 2 is 1.86 bits per heavy atom. The van der Waals surface area contributed by atoms with Gasteiger partial charge in [-0.3, -0.25) is 9.48 Å². The van der Waals surface area contributed by atoms with E-state index in [1.54, 1.807) is 10.9 Å². The first-order chi connectivity index (χ1) is 14.0. The highest BCUT2D eigenvalue weighted by Gasteiger charge is 2.37. The van der Waals surface area contributed by atoms with Gasteiger partial charge in [0, 0.05) is 25.9 Å². The van der Waals surface area contributed by atoms with Crippen molar-refractivity contribution in [2.75, 3.05) is 19.7 Å². The molecule has 2 aromatic rings. The number of rotatable bonds is 4. The lowest BCUT2D eigenvalue weighted by Crippen LogP contribution is -2.45. The zero-order valence-corrected chi connectivity index (χ0v) is 16.7. The molecule has 1 aromatic carbocycles. The number of aromatic carboxylic acids is 1. The number of amides is 1. The van der Waals surface area contributed by atoms with Gasteiger partial charge in [0.1, 0.15) is 0 Å². The molecule has 0 bridgehead atoms. The normalized spacial score (nSPS) is 23.1. The third-order valence-corrected chi connectivity index (χ3v) is 6.04. The molecule has 1 aromatic heterocycles. The summed E-state index contributed by atoms with van der Waals surface area (Å²) in [4.78, 5) is 26.3. The summed E-state index contributed by atoms with van der Waals surface area (Å²) in [5.74, 6) is -0.949. The number of hydrogen-bond acceptors (Lipinski definition) is 4. The van der Waals surface area contributed by atoms with Crippen molar-refractivity contribution >= 4 is 11.9 Å². The van der Waals surface area contributed by atoms with Gasteiger partial charge in [-0.25, -0.2) is 4.79 Å². The number of likely N-dealkylation sites (tertiary alicyclic amines) is 1. The number of carbonyl (C=O) groups is 2. The summed E-state index contributed by atoms with van der Waals surface area (Å²) < 4.78 is 7.75. The summed E-state index contributed by atoms with van der Waals surface area (Å²) in [5.41, 5.74) is 2.46. The van der Waals surface area contributed by atoms with Gasteiger partial charge in [0.15, 0.2) is 0 Å². The molecule has 0 saturated carbocycles. The fourth-order valence-electron chi connectivity index (χ4n) is 4.35. The average Bonchev–Trinajstić information content (AvgIpc) is 3.25. The molecule has 2 saturated heterocycles. The Kier molecular flexibility index (Phi) is 5.67. The number of piperidine rings is 1. The minimum absolute atomic E-state index is 0.127. The Hall–Kier alpha value is -2.67. The highest BCUT2D eigenvalue weighted by Crippen LogP contribution is 2.36. The standard InChI is InChI=1S/C22H27N3O4/c1-15-4-6-16(7-5-15)20-19(3-2-12-29-20)21(26)24-10-8-18(9-11-24)25-14-17(13-23-25)22(27)28/h4-7,13-14,18-20H,2-3,8-12H2,1H3,(H,27,28). The van der Waals surface area contributed by atoms with Crippen LogP contribution in [0.15, 0.2) is 36.7 Å². The predicted molar refractivity (Wildman–Crippen MR) is 107 cm³/mol. The van der Waals surface area contributed by atoms with Crippen molar-refractivity contribution in [2.45, 2.75) is 44.8 Å². The molecular formula is C22H27N3O4. The zero-order chi connectivity index (χ0) is 20.4. The van der Waals surface area contributed by atoms with Crippen molar-refractivity contribution in [1.29, 1.82) is 0 Å². The molecule has 2 atom stereocenters. The highest BCUT2D eigenvalue weighted by molar-refractivity contribution is 5.86. The van der Waals surface area contributed by atoms with Crippen LogP contribution >= 0.6 is 0 Å². The molecule has 1 amide bonds. The Morgan fingerprint density at radius 3 is 2.52 bits per heavy atom. The van der Waals surface area contributed by atoms with Crippen LogP contribution in [0.2, 0.25) is 0 Å². The van der Waals surface area contributed by atoms with Crippen molar-refractivity contribution in [2.24, 2.45) is 5.92 Å². The zero-order valence-electron chi connectivity index (χ0n) is 16.7. The molecule has 1 N–H and O–H groups in total. The summed E-state index contributed by atoms with van der Waals surface area (Å²) in [6, 6.07) is 8.39. The summed E-state index contributed by atoms with van der Waals surface area (Å²) in [7, 11) is 0. The van der Waals surface area contributed by atoms with E-state index in [0.29, 0.717) is 19.7 Å². The number of nitrogens with zero attached hydrogens (tertiary/aromatic N) is 3. The SMILES string of the molecule is Cc1ccc(C2OCCCC2C(=O)N2CCC(n3cc(C(=O)O)cn3)CC2)cc1. The lowest BCUT2D eigenvalue weighted by molar-refractivity contribution is -0.146. The van der Waals surface area contributed by atoms with Crippen LogP contribution in [0.1, 0.15) is 59.3 Å². The van der Waals surface area contributed by atoms with Crippen LogP contribution in [0.4, 0.5) is 0 Å². The fourth-order valence-corrected chi connectivity index (χ4v) is 4.35. The topological polar surface area (TPSA) is 84.7 Å². The fraction of sp³-hybridized carbons (Fsp3) is 0.500. The van der Waals surface area contributed by atoms with E-state index in [1.165, 1.54) is 11.8 Å². The summed E-state index contributed by atoms with van der Waals surface area (Å²) in [6.07, 6.45) is 6.07. The van der Waals surface area contributed by atoms with E-state index in [1.807, 2.05) is 4.90 Å². The van der Waals surface area contributed by atoms with E-state index in [-0.39, 0.29) is 29.5 Å². The predicted octanol–water partition coefficient (Wildman–Crippen LogP) is 3.22. The van der Waals surface area contributed by atoms with Crippen LogP contribution in [0, 0.1) is 12.8 Å². The van der Waals surface area contributed by atoms with Crippen LogP contribution in [0.3, 0.4) is 0 Å². The first kappa shape index (κ1) is 19.6. The summed E-state index contributed by atoms with van der Waals surface area (Å²) in [6.45, 7) is 4.05. The Balaban J connectivity index is 1.41. The number of aromatic nitrogens is 2. The van der Waals surface area contributed by atoms with Crippen LogP contribution in [-0.2, 0) is 9.53 Å². The number of carbonyl (C=O) groups excluding carboxylic acids is 1. The minimum atomic E-state index is -0.969. The van der Waals surface area contributed by atoms with Crippen LogP contribution in [0.25, 0.3) is 0 Å². The Labute approximate surface area is 170 Å². The molecule has 2 unspecified atom stereocenters. The van der Waals surface area contributed by atoms with Gasteiger partial charge in [-0.2, -0.15) is 5.10 Å². The van der Waals surface area contributed by atoms with Crippen molar-refractivity contribution in [3.05, 3.63) is 53.3 Å². The second-order valence-electron chi connectivity index (χ2n) is 8.02. The van der Waals surface area contributed by atoms with E-state index >= 15 is 0 Å². The molecule has 2 aliphatic rings. The second kappa shape index (κ2) is 8.37. The van der Waals surface area contributed by atoms with Gasteiger partial charge in [-0.1, -0.05) is 29.8 Å². The monoisotopic (exact) mass is 397 g/mol. The lowest BCUT2D eigenvalue weighted by atomic mass is 9.87. The van der Waals surface area contributed by atoms with E-state index in [4.69, 9.17) is 9.84 Å². The van der Waals surface area contributed by atoms with Crippen molar-refractivity contribution in [3.63, 3.8) is 0 Å². The molecule has 154 valence electrons. The van der Waals surface area contributed by atoms with Gasteiger partial charge >= 0.3 is 5.97 Å². The molecule has 7 nitrogen and oxygen atoms in total. The first-order valence-electron chi connectivity index (χ1n) is 10.3. The van der Waals surface area contributed by atoms with E-state index in [0.717, 1.165) is 31.2 Å². The number of aryl methyl sites for hydroxylation is 1. The average molecular weight is 397 g/mol. The van der Waals surface area contributed by atoms with E-state index in [2.05, 4.69) is 36.3 Å². The van der Waals surface area contributed by atoms with Gasteiger partial charge in [-0.15, -0.1) is 0 Å².